The number of hydrogen-bond acceptors (Lipinski definition) is 8. The fourth-order valence-corrected chi connectivity index (χ4v) is 4.84. The Morgan fingerprint density at radius 1 is 1.21 bits per heavy atom. The van der Waals surface area contributed by atoms with Crippen LogP contribution in [0, 0.1) is 0 Å². The maximum Gasteiger partial charge on any atom is 0.258 e. The van der Waals surface area contributed by atoms with Gasteiger partial charge in [0.1, 0.15) is 22.7 Å². The van der Waals surface area contributed by atoms with Gasteiger partial charge in [0.15, 0.2) is 11.0 Å². The van der Waals surface area contributed by atoms with Crippen LogP contribution in [0.3, 0.4) is 0 Å². The number of methoxy groups -OCH3 is 2. The molecule has 0 unspecified atom stereocenters. The summed E-state index contributed by atoms with van der Waals surface area (Å²) in [6, 6.07) is 11.7. The second kappa shape index (κ2) is 10.1. The van der Waals surface area contributed by atoms with E-state index in [1.54, 1.807) is 45.5 Å². The molecule has 33 heavy (non-hydrogen) atoms. The number of H-pyrrole nitrogens is 1. The van der Waals surface area contributed by atoms with E-state index in [4.69, 9.17) is 9.47 Å². The summed E-state index contributed by atoms with van der Waals surface area (Å²) >= 11 is 3.01. The smallest absolute Gasteiger partial charge is 0.258 e. The number of nitrogens with zero attached hydrogens (tertiary/aromatic N) is 4. The van der Waals surface area contributed by atoms with Gasteiger partial charge >= 0.3 is 0 Å². The number of para-hydroxylation sites is 2. The number of thioether (sulfide) groups is 1. The second-order valence-corrected chi connectivity index (χ2v) is 8.79. The third kappa shape index (κ3) is 4.57. The van der Waals surface area contributed by atoms with Gasteiger partial charge in [-0.1, -0.05) is 36.0 Å². The Morgan fingerprint density at radius 2 is 2.03 bits per heavy atom. The molecule has 1 N–H and O–H groups in total. The highest BCUT2D eigenvalue weighted by molar-refractivity contribution is 7.98. The van der Waals surface area contributed by atoms with E-state index in [0.29, 0.717) is 38.8 Å². The van der Waals surface area contributed by atoms with E-state index in [-0.39, 0.29) is 5.56 Å². The fourth-order valence-electron chi connectivity index (χ4n) is 3.32. The molecule has 0 saturated heterocycles. The minimum Gasteiger partial charge on any atom is -0.499 e. The lowest BCUT2D eigenvalue weighted by atomic mass is 10.3. The van der Waals surface area contributed by atoms with Crippen LogP contribution in [0.15, 0.2) is 51.7 Å². The van der Waals surface area contributed by atoms with Gasteiger partial charge in [0.2, 0.25) is 0 Å². The third-order valence-electron chi connectivity index (χ3n) is 4.97. The van der Waals surface area contributed by atoms with Crippen LogP contribution in [0.5, 0.6) is 5.75 Å². The van der Waals surface area contributed by atoms with Crippen LogP contribution in [0.4, 0.5) is 0 Å². The van der Waals surface area contributed by atoms with Crippen molar-refractivity contribution in [2.24, 2.45) is 0 Å². The molecule has 0 aliphatic rings. The third-order valence-corrected chi connectivity index (χ3v) is 6.78. The highest BCUT2D eigenvalue weighted by atomic mass is 32.2. The van der Waals surface area contributed by atoms with E-state index in [2.05, 4.69) is 20.2 Å². The molecule has 1 aromatic carbocycles. The molecule has 0 atom stereocenters. The molecule has 3 heterocycles. The van der Waals surface area contributed by atoms with Crippen LogP contribution in [-0.2, 0) is 10.5 Å². The van der Waals surface area contributed by atoms with Gasteiger partial charge in [0, 0.05) is 0 Å². The van der Waals surface area contributed by atoms with E-state index in [1.807, 2.05) is 46.3 Å². The molecule has 0 saturated carbocycles. The molecule has 0 spiro atoms. The lowest BCUT2D eigenvalue weighted by molar-refractivity contribution is 0.359. The van der Waals surface area contributed by atoms with Crippen molar-refractivity contribution in [1.82, 2.24) is 24.7 Å². The average Bonchev–Trinajstić information content (AvgIpc) is 3.51. The number of aromatic nitrogens is 5. The summed E-state index contributed by atoms with van der Waals surface area (Å²) in [5.74, 6) is 2.92. The van der Waals surface area contributed by atoms with E-state index in [9.17, 15) is 4.79 Å². The number of thiophene rings is 1. The lowest BCUT2D eigenvalue weighted by Crippen LogP contribution is -2.45. The van der Waals surface area contributed by atoms with Crippen LogP contribution in [0.2, 0.25) is 0 Å². The maximum atomic E-state index is 12.6. The summed E-state index contributed by atoms with van der Waals surface area (Å²) in [5, 5.41) is 12.6. The summed E-state index contributed by atoms with van der Waals surface area (Å²) in [5.41, 5.74) is 0.623. The Bertz CT molecular complexity index is 1440. The molecule has 170 valence electrons. The van der Waals surface area contributed by atoms with E-state index in [0.717, 1.165) is 16.4 Å². The van der Waals surface area contributed by atoms with Crippen molar-refractivity contribution in [2.75, 3.05) is 14.2 Å². The maximum absolute atomic E-state index is 12.6. The normalized spacial score (nSPS) is 12.7. The van der Waals surface area contributed by atoms with Gasteiger partial charge in [0.25, 0.3) is 5.56 Å². The molecule has 0 bridgehead atoms. The zero-order valence-corrected chi connectivity index (χ0v) is 20.3. The van der Waals surface area contributed by atoms with Crippen molar-refractivity contribution in [3.05, 3.63) is 68.5 Å². The number of ether oxygens (including phenoxy) is 2. The molecule has 0 amide bonds. The SMILES string of the molecule is C/C=c1\c(=C(C)OC)nc(CSc2nnc(-c3cccs3)n2-c2ccccc2OC)[nH]c1=O. The molecule has 0 fully saturated rings. The second-order valence-electron chi connectivity index (χ2n) is 6.90. The molecule has 3 aromatic heterocycles. The Labute approximate surface area is 198 Å². The predicted molar refractivity (Wildman–Crippen MR) is 131 cm³/mol. The van der Waals surface area contributed by atoms with Gasteiger partial charge in [-0.25, -0.2) is 4.98 Å². The minimum absolute atomic E-state index is 0.208. The summed E-state index contributed by atoms with van der Waals surface area (Å²) in [7, 11) is 3.20. The van der Waals surface area contributed by atoms with E-state index >= 15 is 0 Å². The largest absolute Gasteiger partial charge is 0.499 e. The summed E-state index contributed by atoms with van der Waals surface area (Å²) in [6.45, 7) is 3.59. The zero-order chi connectivity index (χ0) is 23.4. The van der Waals surface area contributed by atoms with Crippen LogP contribution in [0.1, 0.15) is 19.7 Å². The molecule has 10 heteroatoms. The van der Waals surface area contributed by atoms with Gasteiger partial charge in [0.05, 0.1) is 35.8 Å². The van der Waals surface area contributed by atoms with Crippen LogP contribution >= 0.6 is 23.1 Å². The highest BCUT2D eigenvalue weighted by Gasteiger charge is 2.20. The van der Waals surface area contributed by atoms with Gasteiger partial charge in [-0.05, 0) is 37.4 Å². The molecular formula is C23H23N5O3S2. The monoisotopic (exact) mass is 481 g/mol. The van der Waals surface area contributed by atoms with E-state index in [1.165, 1.54) is 11.8 Å². The Kier molecular flexibility index (Phi) is 6.95. The van der Waals surface area contributed by atoms with Crippen molar-refractivity contribution < 1.29 is 9.47 Å². The molecule has 0 radical (unpaired) electrons. The Balaban J connectivity index is 1.78. The number of hydrogen-bond donors (Lipinski definition) is 1. The first-order valence-electron chi connectivity index (χ1n) is 10.1. The quantitative estimate of drug-likeness (QED) is 0.406. The van der Waals surface area contributed by atoms with Gasteiger partial charge in [-0.3, -0.25) is 9.36 Å². The van der Waals surface area contributed by atoms with Crippen molar-refractivity contribution >= 4 is 34.9 Å². The molecular weight excluding hydrogens is 458 g/mol. The Hall–Kier alpha value is -3.37. The summed E-state index contributed by atoms with van der Waals surface area (Å²) in [4.78, 5) is 21.1. The lowest BCUT2D eigenvalue weighted by Gasteiger charge is -2.13. The van der Waals surface area contributed by atoms with Gasteiger partial charge in [-0.2, -0.15) is 0 Å². The van der Waals surface area contributed by atoms with E-state index < -0.39 is 0 Å². The molecule has 8 nitrogen and oxygen atoms in total. The first-order valence-corrected chi connectivity index (χ1v) is 12.0. The van der Waals surface area contributed by atoms with Gasteiger partial charge < -0.3 is 14.5 Å². The molecule has 0 aliphatic heterocycles. The summed E-state index contributed by atoms with van der Waals surface area (Å²) < 4.78 is 12.9. The van der Waals surface area contributed by atoms with Gasteiger partial charge in [-0.15, -0.1) is 21.5 Å². The Morgan fingerprint density at radius 3 is 2.73 bits per heavy atom. The highest BCUT2D eigenvalue weighted by Crippen LogP contribution is 2.34. The number of benzene rings is 1. The van der Waals surface area contributed by atoms with Crippen LogP contribution < -0.4 is 20.9 Å². The standard InChI is InChI=1S/C23H23N5O3S2/c1-5-15-20(14(2)30-3)24-19(25-22(15)29)13-33-23-27-26-21(18-11-8-12-32-18)28(23)16-9-6-7-10-17(16)31-4/h5-12H,13H2,1-4H3,(H,24,25,29)/b15-5+,20-14?. The fraction of sp³-hybridized carbons (Fsp3) is 0.217. The number of nitrogens with one attached hydrogen (secondary N) is 1. The molecule has 4 aromatic rings. The first kappa shape index (κ1) is 22.8. The summed E-state index contributed by atoms with van der Waals surface area (Å²) in [6.07, 6.45) is 1.73. The number of aromatic amines is 1. The van der Waals surface area contributed by atoms with Crippen LogP contribution in [-0.4, -0.2) is 39.0 Å². The predicted octanol–water partition coefficient (Wildman–Crippen LogP) is 2.95. The minimum atomic E-state index is -0.208. The molecule has 4 rings (SSSR count). The topological polar surface area (TPSA) is 94.9 Å². The van der Waals surface area contributed by atoms with Crippen LogP contribution in [0.25, 0.3) is 28.2 Å². The zero-order valence-electron chi connectivity index (χ0n) is 18.7. The average molecular weight is 482 g/mol. The van der Waals surface area contributed by atoms with Crippen molar-refractivity contribution in [2.45, 2.75) is 24.8 Å². The van der Waals surface area contributed by atoms with Crippen molar-refractivity contribution in [3.63, 3.8) is 0 Å². The van der Waals surface area contributed by atoms with Crippen molar-refractivity contribution in [3.8, 4) is 22.1 Å². The first-order chi connectivity index (χ1) is 16.1. The van der Waals surface area contributed by atoms with Crippen molar-refractivity contribution in [1.29, 1.82) is 0 Å². The number of rotatable bonds is 7. The molecule has 0 aliphatic carbocycles.